The number of nitrogens with zero attached hydrogens (tertiary/aromatic N) is 1. The number of aryl methyl sites for hydroxylation is 1. The summed E-state index contributed by atoms with van der Waals surface area (Å²) in [6, 6.07) is 10.7. The quantitative estimate of drug-likeness (QED) is 0.865. The highest BCUT2D eigenvalue weighted by atomic mass is 35.5. The Morgan fingerprint density at radius 1 is 1.35 bits per heavy atom. The zero-order valence-corrected chi connectivity index (χ0v) is 13.5. The van der Waals surface area contributed by atoms with Crippen molar-refractivity contribution in [1.82, 2.24) is 4.90 Å². The molecule has 1 unspecified atom stereocenters. The maximum absolute atomic E-state index is 6.25. The third-order valence-electron chi connectivity index (χ3n) is 3.59. The maximum atomic E-state index is 6.25. The van der Waals surface area contributed by atoms with Gasteiger partial charge >= 0.3 is 0 Å². The molecule has 2 rings (SSSR count). The van der Waals surface area contributed by atoms with Crippen LogP contribution in [0.4, 0.5) is 0 Å². The number of hydrogen-bond acceptors (Lipinski definition) is 3. The van der Waals surface area contributed by atoms with Crippen LogP contribution in [0.25, 0.3) is 0 Å². The summed E-state index contributed by atoms with van der Waals surface area (Å²) in [5, 5.41) is 2.93. The second-order valence-corrected chi connectivity index (χ2v) is 6.34. The predicted octanol–water partition coefficient (Wildman–Crippen LogP) is 4.23. The minimum Gasteiger partial charge on any atom is -0.329 e. The molecule has 0 bridgehead atoms. The third kappa shape index (κ3) is 3.61. The number of rotatable bonds is 6. The van der Waals surface area contributed by atoms with Gasteiger partial charge in [-0.3, -0.25) is 4.90 Å². The van der Waals surface area contributed by atoms with Crippen LogP contribution in [0.5, 0.6) is 0 Å². The van der Waals surface area contributed by atoms with Crippen molar-refractivity contribution < 1.29 is 0 Å². The van der Waals surface area contributed by atoms with E-state index in [1.54, 1.807) is 11.3 Å². The van der Waals surface area contributed by atoms with Gasteiger partial charge in [-0.15, -0.1) is 11.3 Å². The lowest BCUT2D eigenvalue weighted by molar-refractivity contribution is 0.205. The number of likely N-dealkylation sites (N-methyl/N-ethyl adjacent to an activating group) is 1. The Morgan fingerprint density at radius 2 is 2.15 bits per heavy atom. The summed E-state index contributed by atoms with van der Waals surface area (Å²) in [4.78, 5) is 3.76. The van der Waals surface area contributed by atoms with E-state index in [0.29, 0.717) is 6.54 Å². The van der Waals surface area contributed by atoms with Gasteiger partial charge in [0.2, 0.25) is 0 Å². The number of thiophene rings is 1. The molecule has 0 amide bonds. The standard InChI is InChI=1S/C16H21ClN2S/c1-3-19(11-14-5-4-8-20-14)16(10-18)13-7-6-12(2)15(17)9-13/h4-9,16H,3,10-11,18H2,1-2H3. The molecule has 20 heavy (non-hydrogen) atoms. The molecule has 1 heterocycles. The molecule has 4 heteroatoms. The van der Waals surface area contributed by atoms with Gasteiger partial charge in [-0.05, 0) is 42.1 Å². The van der Waals surface area contributed by atoms with Crippen LogP contribution in [0.15, 0.2) is 35.7 Å². The van der Waals surface area contributed by atoms with E-state index < -0.39 is 0 Å². The predicted molar refractivity (Wildman–Crippen MR) is 88.4 cm³/mol. The minimum atomic E-state index is 0.209. The minimum absolute atomic E-state index is 0.209. The van der Waals surface area contributed by atoms with E-state index in [0.717, 1.165) is 23.7 Å². The molecule has 0 spiro atoms. The topological polar surface area (TPSA) is 29.3 Å². The average molecular weight is 309 g/mol. The lowest BCUT2D eigenvalue weighted by Gasteiger charge is -2.30. The van der Waals surface area contributed by atoms with Crippen molar-refractivity contribution in [3.63, 3.8) is 0 Å². The first-order chi connectivity index (χ1) is 9.65. The molecule has 0 saturated carbocycles. The third-order valence-corrected chi connectivity index (χ3v) is 4.86. The molecule has 0 aliphatic carbocycles. The number of hydrogen-bond donors (Lipinski definition) is 1. The smallest absolute Gasteiger partial charge is 0.0474 e. The summed E-state index contributed by atoms with van der Waals surface area (Å²) >= 11 is 8.03. The van der Waals surface area contributed by atoms with E-state index in [-0.39, 0.29) is 6.04 Å². The van der Waals surface area contributed by atoms with Crippen LogP contribution in [0.2, 0.25) is 5.02 Å². The number of nitrogens with two attached hydrogens (primary N) is 1. The Morgan fingerprint density at radius 3 is 2.70 bits per heavy atom. The lowest BCUT2D eigenvalue weighted by atomic mass is 10.0. The normalized spacial score (nSPS) is 12.8. The van der Waals surface area contributed by atoms with Gasteiger partial charge in [0.15, 0.2) is 0 Å². The van der Waals surface area contributed by atoms with Crippen molar-refractivity contribution in [3.05, 3.63) is 56.7 Å². The molecule has 0 fully saturated rings. The van der Waals surface area contributed by atoms with Gasteiger partial charge in [-0.2, -0.15) is 0 Å². The molecule has 2 N–H and O–H groups in total. The molecule has 1 aromatic carbocycles. The monoisotopic (exact) mass is 308 g/mol. The van der Waals surface area contributed by atoms with Crippen LogP contribution in [0, 0.1) is 6.92 Å². The zero-order valence-electron chi connectivity index (χ0n) is 12.0. The van der Waals surface area contributed by atoms with Crippen molar-refractivity contribution in [3.8, 4) is 0 Å². The first-order valence-corrected chi connectivity index (χ1v) is 8.14. The fraction of sp³-hybridized carbons (Fsp3) is 0.375. The van der Waals surface area contributed by atoms with E-state index in [1.165, 1.54) is 10.4 Å². The Hall–Kier alpha value is -0.870. The van der Waals surface area contributed by atoms with Gasteiger partial charge in [0, 0.05) is 29.0 Å². The molecular formula is C16H21ClN2S. The van der Waals surface area contributed by atoms with E-state index in [1.807, 2.05) is 13.0 Å². The zero-order chi connectivity index (χ0) is 14.5. The van der Waals surface area contributed by atoms with Crippen LogP contribution in [0.3, 0.4) is 0 Å². The van der Waals surface area contributed by atoms with Crippen molar-refractivity contribution in [2.24, 2.45) is 5.73 Å². The lowest BCUT2D eigenvalue weighted by Crippen LogP contribution is -2.33. The van der Waals surface area contributed by atoms with Crippen LogP contribution in [-0.4, -0.2) is 18.0 Å². The van der Waals surface area contributed by atoms with E-state index >= 15 is 0 Å². The summed E-state index contributed by atoms with van der Waals surface area (Å²) in [7, 11) is 0. The summed E-state index contributed by atoms with van der Waals surface area (Å²) in [6.45, 7) is 6.68. The van der Waals surface area contributed by atoms with E-state index in [9.17, 15) is 0 Å². The van der Waals surface area contributed by atoms with Crippen LogP contribution >= 0.6 is 22.9 Å². The number of halogens is 1. The summed E-state index contributed by atoms with van der Waals surface area (Å²) in [5.41, 5.74) is 8.32. The van der Waals surface area contributed by atoms with Gasteiger partial charge in [0.1, 0.15) is 0 Å². The van der Waals surface area contributed by atoms with Crippen LogP contribution in [-0.2, 0) is 6.54 Å². The molecule has 1 atom stereocenters. The largest absolute Gasteiger partial charge is 0.329 e. The number of benzene rings is 1. The SMILES string of the molecule is CCN(Cc1cccs1)C(CN)c1ccc(C)c(Cl)c1. The molecular weight excluding hydrogens is 288 g/mol. The van der Waals surface area contributed by atoms with Gasteiger partial charge in [0.25, 0.3) is 0 Å². The highest BCUT2D eigenvalue weighted by molar-refractivity contribution is 7.09. The Balaban J connectivity index is 2.21. The van der Waals surface area contributed by atoms with Crippen molar-refractivity contribution in [2.75, 3.05) is 13.1 Å². The summed E-state index contributed by atoms with van der Waals surface area (Å²) in [6.07, 6.45) is 0. The fourth-order valence-corrected chi connectivity index (χ4v) is 3.28. The Labute approximate surface area is 130 Å². The van der Waals surface area contributed by atoms with Gasteiger partial charge in [-0.1, -0.05) is 36.7 Å². The molecule has 1 aromatic heterocycles. The Kier molecular flexibility index (Phi) is 5.61. The summed E-state index contributed by atoms with van der Waals surface area (Å²) < 4.78 is 0. The van der Waals surface area contributed by atoms with E-state index in [4.69, 9.17) is 17.3 Å². The Bertz CT molecular complexity index is 539. The highest BCUT2D eigenvalue weighted by Crippen LogP contribution is 2.26. The second-order valence-electron chi connectivity index (χ2n) is 4.90. The van der Waals surface area contributed by atoms with Gasteiger partial charge < -0.3 is 5.73 Å². The first-order valence-electron chi connectivity index (χ1n) is 6.88. The molecule has 0 aliphatic rings. The van der Waals surface area contributed by atoms with Crippen LogP contribution < -0.4 is 5.73 Å². The molecule has 0 saturated heterocycles. The molecule has 108 valence electrons. The highest BCUT2D eigenvalue weighted by Gasteiger charge is 2.19. The molecule has 2 nitrogen and oxygen atoms in total. The molecule has 0 aliphatic heterocycles. The van der Waals surface area contributed by atoms with Gasteiger partial charge in [-0.25, -0.2) is 0 Å². The average Bonchev–Trinajstić information content (AvgIpc) is 2.95. The van der Waals surface area contributed by atoms with Crippen LogP contribution in [0.1, 0.15) is 29.0 Å². The summed E-state index contributed by atoms with van der Waals surface area (Å²) in [5.74, 6) is 0. The van der Waals surface area contributed by atoms with E-state index in [2.05, 4.69) is 41.5 Å². The first kappa shape index (κ1) is 15.5. The van der Waals surface area contributed by atoms with Gasteiger partial charge in [0.05, 0.1) is 0 Å². The van der Waals surface area contributed by atoms with Crippen molar-refractivity contribution in [1.29, 1.82) is 0 Å². The maximum Gasteiger partial charge on any atom is 0.0474 e. The van der Waals surface area contributed by atoms with Crippen molar-refractivity contribution >= 4 is 22.9 Å². The van der Waals surface area contributed by atoms with Crippen molar-refractivity contribution in [2.45, 2.75) is 26.4 Å². The molecule has 2 aromatic rings. The second kappa shape index (κ2) is 7.23. The molecule has 0 radical (unpaired) electrons. The fourth-order valence-electron chi connectivity index (χ4n) is 2.36.